The zero-order valence-electron chi connectivity index (χ0n) is 14.8. The number of hydrogen-bond donors (Lipinski definition) is 1. The molecule has 4 aromatic rings. The lowest BCUT2D eigenvalue weighted by molar-refractivity contribution is -0.384. The SMILES string of the molecule is COc1ccc(CNc2nc3oc4ccccc4c(=O)c3cc2[N+](=O)[O-])cc1. The van der Waals surface area contributed by atoms with Crippen LogP contribution >= 0.6 is 0 Å². The Labute approximate surface area is 158 Å². The highest BCUT2D eigenvalue weighted by Gasteiger charge is 2.20. The molecule has 2 aromatic heterocycles. The number of anilines is 1. The minimum atomic E-state index is -0.572. The summed E-state index contributed by atoms with van der Waals surface area (Å²) in [6, 6.07) is 15.2. The average molecular weight is 377 g/mol. The van der Waals surface area contributed by atoms with Crippen molar-refractivity contribution in [3.63, 3.8) is 0 Å². The predicted octanol–water partition coefficient (Wildman–Crippen LogP) is 3.87. The third-order valence-electron chi connectivity index (χ3n) is 4.37. The second-order valence-corrected chi connectivity index (χ2v) is 6.09. The van der Waals surface area contributed by atoms with E-state index in [1.54, 1.807) is 43.5 Å². The molecule has 28 heavy (non-hydrogen) atoms. The van der Waals surface area contributed by atoms with Crippen molar-refractivity contribution < 1.29 is 14.1 Å². The standard InChI is InChI=1S/C20H15N3O5/c1-27-13-8-6-12(7-9-13)11-21-19-16(23(25)26)10-15-18(24)14-4-2-3-5-17(14)28-20(15)22-19/h2-10H,11H2,1H3,(H,21,22). The molecule has 0 radical (unpaired) electrons. The molecular weight excluding hydrogens is 362 g/mol. The summed E-state index contributed by atoms with van der Waals surface area (Å²) in [5, 5.41) is 14.9. The molecule has 140 valence electrons. The summed E-state index contributed by atoms with van der Waals surface area (Å²) in [7, 11) is 1.58. The minimum absolute atomic E-state index is 0.0340. The highest BCUT2D eigenvalue weighted by Crippen LogP contribution is 2.28. The zero-order chi connectivity index (χ0) is 19.7. The normalized spacial score (nSPS) is 10.9. The van der Waals surface area contributed by atoms with Crippen LogP contribution in [0, 0.1) is 10.1 Å². The Balaban J connectivity index is 1.77. The molecule has 0 spiro atoms. The molecule has 0 unspecified atom stereocenters. The maximum Gasteiger partial charge on any atom is 0.312 e. The van der Waals surface area contributed by atoms with Gasteiger partial charge in [-0.25, -0.2) is 0 Å². The Bertz CT molecular complexity index is 1250. The minimum Gasteiger partial charge on any atom is -0.497 e. The van der Waals surface area contributed by atoms with Crippen molar-refractivity contribution in [1.29, 1.82) is 0 Å². The lowest BCUT2D eigenvalue weighted by Gasteiger charge is -2.08. The maximum atomic E-state index is 12.7. The van der Waals surface area contributed by atoms with Crippen LogP contribution in [0.25, 0.3) is 22.1 Å². The number of fused-ring (bicyclic) bond motifs is 2. The Morgan fingerprint density at radius 3 is 2.61 bits per heavy atom. The van der Waals surface area contributed by atoms with Gasteiger partial charge in [0.25, 0.3) is 0 Å². The van der Waals surface area contributed by atoms with E-state index in [9.17, 15) is 14.9 Å². The fourth-order valence-electron chi connectivity index (χ4n) is 2.92. The lowest BCUT2D eigenvalue weighted by atomic mass is 10.1. The third kappa shape index (κ3) is 3.11. The summed E-state index contributed by atoms with van der Waals surface area (Å²) in [5.41, 5.74) is 0.670. The molecule has 0 aliphatic heterocycles. The largest absolute Gasteiger partial charge is 0.497 e. The van der Waals surface area contributed by atoms with Crippen molar-refractivity contribution in [2.45, 2.75) is 6.54 Å². The van der Waals surface area contributed by atoms with E-state index in [4.69, 9.17) is 9.15 Å². The van der Waals surface area contributed by atoms with Gasteiger partial charge in [0.2, 0.25) is 17.0 Å². The van der Waals surface area contributed by atoms with Crippen LogP contribution < -0.4 is 15.5 Å². The van der Waals surface area contributed by atoms with Crippen molar-refractivity contribution in [3.8, 4) is 5.75 Å². The van der Waals surface area contributed by atoms with Gasteiger partial charge in [-0.15, -0.1) is 0 Å². The molecule has 2 aromatic carbocycles. The number of pyridine rings is 1. The van der Waals surface area contributed by atoms with Gasteiger partial charge in [-0.1, -0.05) is 24.3 Å². The van der Waals surface area contributed by atoms with Gasteiger partial charge in [-0.3, -0.25) is 14.9 Å². The molecular formula is C20H15N3O5. The van der Waals surface area contributed by atoms with E-state index in [-0.39, 0.29) is 28.0 Å². The van der Waals surface area contributed by atoms with Crippen LogP contribution in [0.15, 0.2) is 63.8 Å². The van der Waals surface area contributed by atoms with Crippen molar-refractivity contribution in [1.82, 2.24) is 4.98 Å². The van der Waals surface area contributed by atoms with E-state index in [1.807, 2.05) is 12.1 Å². The van der Waals surface area contributed by atoms with Crippen molar-refractivity contribution in [3.05, 3.63) is 80.5 Å². The Morgan fingerprint density at radius 2 is 1.89 bits per heavy atom. The van der Waals surface area contributed by atoms with Gasteiger partial charge < -0.3 is 14.5 Å². The van der Waals surface area contributed by atoms with Gasteiger partial charge in [-0.05, 0) is 29.8 Å². The first-order chi connectivity index (χ1) is 13.6. The summed E-state index contributed by atoms with van der Waals surface area (Å²) < 4.78 is 10.8. The highest BCUT2D eigenvalue weighted by atomic mass is 16.6. The summed E-state index contributed by atoms with van der Waals surface area (Å²) in [4.78, 5) is 27.8. The number of aromatic nitrogens is 1. The quantitative estimate of drug-likeness (QED) is 0.319. The highest BCUT2D eigenvalue weighted by molar-refractivity contribution is 5.90. The molecule has 0 atom stereocenters. The van der Waals surface area contributed by atoms with E-state index in [0.29, 0.717) is 23.3 Å². The molecule has 1 N–H and O–H groups in total. The number of nitrogens with one attached hydrogen (secondary N) is 1. The fraction of sp³-hybridized carbons (Fsp3) is 0.100. The molecule has 0 bridgehead atoms. The van der Waals surface area contributed by atoms with Crippen LogP contribution in [-0.2, 0) is 6.54 Å². The number of benzene rings is 2. The van der Waals surface area contributed by atoms with Gasteiger partial charge >= 0.3 is 5.69 Å². The molecule has 0 aliphatic carbocycles. The van der Waals surface area contributed by atoms with Crippen molar-refractivity contribution in [2.24, 2.45) is 0 Å². The number of ether oxygens (including phenoxy) is 1. The van der Waals surface area contributed by atoms with Crippen LogP contribution in [0.2, 0.25) is 0 Å². The number of hydrogen-bond acceptors (Lipinski definition) is 7. The number of nitrogens with zero attached hydrogens (tertiary/aromatic N) is 2. The Kier molecular flexibility index (Phi) is 4.36. The number of methoxy groups -OCH3 is 1. The van der Waals surface area contributed by atoms with Gasteiger partial charge in [0.1, 0.15) is 11.3 Å². The van der Waals surface area contributed by atoms with E-state index in [1.165, 1.54) is 6.07 Å². The number of rotatable bonds is 5. The molecule has 0 amide bonds. The molecule has 8 heteroatoms. The Hall–Kier alpha value is -3.94. The van der Waals surface area contributed by atoms with Crippen LogP contribution in [-0.4, -0.2) is 17.0 Å². The first-order valence-corrected chi connectivity index (χ1v) is 8.44. The summed E-state index contributed by atoms with van der Waals surface area (Å²) in [6.45, 7) is 0.307. The predicted molar refractivity (Wildman–Crippen MR) is 105 cm³/mol. The monoisotopic (exact) mass is 377 g/mol. The van der Waals surface area contributed by atoms with Gasteiger partial charge in [0, 0.05) is 12.6 Å². The number of para-hydroxylation sites is 1. The van der Waals surface area contributed by atoms with Crippen LogP contribution in [0.1, 0.15) is 5.56 Å². The topological polar surface area (TPSA) is 108 Å². The second-order valence-electron chi connectivity index (χ2n) is 6.09. The Morgan fingerprint density at radius 1 is 1.14 bits per heavy atom. The molecule has 0 fully saturated rings. The van der Waals surface area contributed by atoms with Crippen LogP contribution in [0.3, 0.4) is 0 Å². The second kappa shape index (κ2) is 6.99. The van der Waals surface area contributed by atoms with Crippen molar-refractivity contribution in [2.75, 3.05) is 12.4 Å². The molecule has 0 saturated carbocycles. The van der Waals surface area contributed by atoms with Crippen LogP contribution in [0.4, 0.5) is 11.5 Å². The summed E-state index contributed by atoms with van der Waals surface area (Å²) >= 11 is 0. The maximum absolute atomic E-state index is 12.7. The molecule has 2 heterocycles. The first kappa shape index (κ1) is 17.5. The smallest absolute Gasteiger partial charge is 0.312 e. The third-order valence-corrected chi connectivity index (χ3v) is 4.37. The van der Waals surface area contributed by atoms with Gasteiger partial charge in [0.05, 0.1) is 22.8 Å². The fourth-order valence-corrected chi connectivity index (χ4v) is 2.92. The number of nitro groups is 1. The molecule has 0 saturated heterocycles. The van der Waals surface area contributed by atoms with E-state index in [0.717, 1.165) is 5.56 Å². The molecule has 8 nitrogen and oxygen atoms in total. The summed E-state index contributed by atoms with van der Waals surface area (Å²) in [5.74, 6) is 0.749. The molecule has 4 rings (SSSR count). The van der Waals surface area contributed by atoms with Crippen molar-refractivity contribution >= 4 is 33.6 Å². The summed E-state index contributed by atoms with van der Waals surface area (Å²) in [6.07, 6.45) is 0. The first-order valence-electron chi connectivity index (χ1n) is 8.44. The van der Waals surface area contributed by atoms with Gasteiger partial charge in [0.15, 0.2) is 0 Å². The average Bonchev–Trinajstić information content (AvgIpc) is 2.72. The zero-order valence-corrected chi connectivity index (χ0v) is 14.8. The van der Waals surface area contributed by atoms with Crippen LogP contribution in [0.5, 0.6) is 5.75 Å². The molecule has 0 aliphatic rings. The lowest BCUT2D eigenvalue weighted by Crippen LogP contribution is -2.08. The van der Waals surface area contributed by atoms with Gasteiger partial charge in [-0.2, -0.15) is 4.98 Å². The van der Waals surface area contributed by atoms with E-state index >= 15 is 0 Å². The van der Waals surface area contributed by atoms with E-state index < -0.39 is 4.92 Å². The van der Waals surface area contributed by atoms with E-state index in [2.05, 4.69) is 10.3 Å².